The number of halogens is 4. The third-order valence-corrected chi connectivity index (χ3v) is 3.92. The van der Waals surface area contributed by atoms with Crippen LogP contribution < -0.4 is 5.73 Å². The molecule has 2 N–H and O–H groups in total. The van der Waals surface area contributed by atoms with Crippen molar-refractivity contribution in [1.29, 1.82) is 0 Å². The summed E-state index contributed by atoms with van der Waals surface area (Å²) in [6.07, 6.45) is -0.227. The fraction of sp³-hybridized carbons (Fsp3) is 0.538. The van der Waals surface area contributed by atoms with Crippen molar-refractivity contribution in [2.75, 3.05) is 0 Å². The fourth-order valence-electron chi connectivity index (χ4n) is 2.56. The smallest absolute Gasteiger partial charge is 0.324 e. The second-order valence-electron chi connectivity index (χ2n) is 4.81. The van der Waals surface area contributed by atoms with Gasteiger partial charge in [-0.15, -0.1) is 0 Å². The molecule has 0 bridgehead atoms. The lowest BCUT2D eigenvalue weighted by atomic mass is 9.91. The third-order valence-electron chi connectivity index (χ3n) is 3.59. The van der Waals surface area contributed by atoms with Gasteiger partial charge in [0.1, 0.15) is 0 Å². The standard InChI is InChI=1S/C13H15ClF3N/c14-11-6-5-9(7-10(11)13(15,16)17)12(18)8-3-1-2-4-8/h5-8,12H,1-4,18H2/t12-/m1/s1. The van der Waals surface area contributed by atoms with Gasteiger partial charge in [-0.05, 0) is 36.5 Å². The molecule has 0 heterocycles. The molecule has 1 nitrogen and oxygen atoms in total. The quantitative estimate of drug-likeness (QED) is 0.843. The van der Waals surface area contributed by atoms with E-state index in [1.807, 2.05) is 0 Å². The minimum absolute atomic E-state index is 0.273. The van der Waals surface area contributed by atoms with Crippen molar-refractivity contribution < 1.29 is 13.2 Å². The Bertz CT molecular complexity index is 425. The number of rotatable bonds is 2. The first-order valence-corrected chi connectivity index (χ1v) is 6.39. The number of alkyl halides is 3. The van der Waals surface area contributed by atoms with Gasteiger partial charge in [0, 0.05) is 6.04 Å². The molecule has 0 aliphatic heterocycles. The molecule has 0 saturated heterocycles. The Balaban J connectivity index is 2.28. The van der Waals surface area contributed by atoms with Gasteiger partial charge in [0.05, 0.1) is 10.6 Å². The van der Waals surface area contributed by atoms with Gasteiger partial charge in [0.15, 0.2) is 0 Å². The first kappa shape index (κ1) is 13.7. The van der Waals surface area contributed by atoms with Crippen LogP contribution in [0.4, 0.5) is 13.2 Å². The summed E-state index contributed by atoms with van der Waals surface area (Å²) in [5.74, 6) is 0.284. The van der Waals surface area contributed by atoms with E-state index in [2.05, 4.69) is 0 Å². The molecule has 0 unspecified atom stereocenters. The summed E-state index contributed by atoms with van der Waals surface area (Å²) in [6, 6.07) is 3.64. The summed E-state index contributed by atoms with van der Waals surface area (Å²) in [5, 5.41) is -0.273. The predicted molar refractivity (Wildman–Crippen MR) is 65.3 cm³/mol. The van der Waals surface area contributed by atoms with Crippen molar-refractivity contribution in [2.45, 2.75) is 37.9 Å². The molecule has 5 heteroatoms. The lowest BCUT2D eigenvalue weighted by Gasteiger charge is -2.20. The van der Waals surface area contributed by atoms with Crippen LogP contribution in [0, 0.1) is 5.92 Å². The van der Waals surface area contributed by atoms with Crippen LogP contribution in [0.5, 0.6) is 0 Å². The van der Waals surface area contributed by atoms with Gasteiger partial charge in [-0.2, -0.15) is 13.2 Å². The molecule has 0 aromatic heterocycles. The summed E-state index contributed by atoms with van der Waals surface area (Å²) >= 11 is 5.58. The van der Waals surface area contributed by atoms with Crippen molar-refractivity contribution in [3.8, 4) is 0 Å². The number of hydrogen-bond acceptors (Lipinski definition) is 1. The van der Waals surface area contributed by atoms with Crippen molar-refractivity contribution in [1.82, 2.24) is 0 Å². The Morgan fingerprint density at radius 1 is 1.22 bits per heavy atom. The second kappa shape index (κ2) is 5.10. The molecule has 1 saturated carbocycles. The molecule has 1 aromatic carbocycles. The first-order chi connectivity index (χ1) is 8.39. The number of benzene rings is 1. The monoisotopic (exact) mass is 277 g/mol. The zero-order chi connectivity index (χ0) is 13.3. The van der Waals surface area contributed by atoms with Gasteiger partial charge >= 0.3 is 6.18 Å². The average Bonchev–Trinajstić information content (AvgIpc) is 2.80. The minimum atomic E-state index is -4.43. The van der Waals surface area contributed by atoms with E-state index in [4.69, 9.17) is 17.3 Å². The summed E-state index contributed by atoms with van der Waals surface area (Å²) in [6.45, 7) is 0. The highest BCUT2D eigenvalue weighted by Crippen LogP contribution is 2.39. The van der Waals surface area contributed by atoms with Crippen LogP contribution >= 0.6 is 11.6 Å². The maximum absolute atomic E-state index is 12.7. The van der Waals surface area contributed by atoms with Crippen LogP contribution in [0.3, 0.4) is 0 Å². The zero-order valence-corrected chi connectivity index (χ0v) is 10.6. The summed E-state index contributed by atoms with van der Waals surface area (Å²) in [5.41, 5.74) is 5.78. The van der Waals surface area contributed by atoms with Crippen LogP contribution in [0.15, 0.2) is 18.2 Å². The Labute approximate surface area is 109 Å². The Morgan fingerprint density at radius 3 is 2.39 bits per heavy atom. The van der Waals surface area contributed by atoms with E-state index in [1.165, 1.54) is 6.07 Å². The summed E-state index contributed by atoms with van der Waals surface area (Å²) in [7, 11) is 0. The molecule has 1 aliphatic rings. The molecule has 1 fully saturated rings. The largest absolute Gasteiger partial charge is 0.417 e. The van der Waals surface area contributed by atoms with E-state index in [0.717, 1.165) is 31.7 Å². The van der Waals surface area contributed by atoms with Crippen LogP contribution in [-0.2, 0) is 6.18 Å². The van der Waals surface area contributed by atoms with Crippen molar-refractivity contribution >= 4 is 11.6 Å². The Hall–Kier alpha value is -0.740. The van der Waals surface area contributed by atoms with E-state index >= 15 is 0 Å². The van der Waals surface area contributed by atoms with Crippen molar-refractivity contribution in [3.63, 3.8) is 0 Å². The zero-order valence-electron chi connectivity index (χ0n) is 9.80. The molecule has 0 spiro atoms. The van der Waals surface area contributed by atoms with Gasteiger partial charge < -0.3 is 5.73 Å². The van der Waals surface area contributed by atoms with E-state index in [1.54, 1.807) is 6.07 Å². The van der Waals surface area contributed by atoms with Gasteiger partial charge in [0.2, 0.25) is 0 Å². The summed E-state index contributed by atoms with van der Waals surface area (Å²) < 4.78 is 38.2. The lowest BCUT2D eigenvalue weighted by molar-refractivity contribution is -0.137. The molecular weight excluding hydrogens is 263 g/mol. The Kier molecular flexibility index (Phi) is 3.87. The lowest BCUT2D eigenvalue weighted by Crippen LogP contribution is -2.20. The van der Waals surface area contributed by atoms with Crippen LogP contribution in [0.1, 0.15) is 42.9 Å². The molecule has 100 valence electrons. The SMILES string of the molecule is N[C@@H](c1ccc(Cl)c(C(F)(F)F)c1)C1CCCC1. The molecule has 0 radical (unpaired) electrons. The molecule has 18 heavy (non-hydrogen) atoms. The number of hydrogen-bond donors (Lipinski definition) is 1. The minimum Gasteiger partial charge on any atom is -0.324 e. The van der Waals surface area contributed by atoms with E-state index in [0.29, 0.717) is 5.56 Å². The van der Waals surface area contributed by atoms with E-state index in [-0.39, 0.29) is 17.0 Å². The molecule has 1 aromatic rings. The van der Waals surface area contributed by atoms with Gasteiger partial charge in [-0.25, -0.2) is 0 Å². The topological polar surface area (TPSA) is 26.0 Å². The highest BCUT2D eigenvalue weighted by Gasteiger charge is 2.34. The van der Waals surface area contributed by atoms with Crippen molar-refractivity contribution in [3.05, 3.63) is 34.3 Å². The maximum atomic E-state index is 12.7. The summed E-state index contributed by atoms with van der Waals surface area (Å²) in [4.78, 5) is 0. The van der Waals surface area contributed by atoms with Gasteiger partial charge in [-0.1, -0.05) is 30.5 Å². The van der Waals surface area contributed by atoms with Crippen molar-refractivity contribution in [2.24, 2.45) is 11.7 Å². The maximum Gasteiger partial charge on any atom is 0.417 e. The van der Waals surface area contributed by atoms with Gasteiger partial charge in [-0.3, -0.25) is 0 Å². The average molecular weight is 278 g/mol. The van der Waals surface area contributed by atoms with Crippen LogP contribution in [0.2, 0.25) is 5.02 Å². The fourth-order valence-corrected chi connectivity index (χ4v) is 2.78. The van der Waals surface area contributed by atoms with E-state index < -0.39 is 11.7 Å². The molecule has 1 aliphatic carbocycles. The highest BCUT2D eigenvalue weighted by molar-refractivity contribution is 6.31. The molecule has 2 rings (SSSR count). The van der Waals surface area contributed by atoms with Gasteiger partial charge in [0.25, 0.3) is 0 Å². The molecule has 1 atom stereocenters. The second-order valence-corrected chi connectivity index (χ2v) is 5.21. The van der Waals surface area contributed by atoms with Crippen LogP contribution in [-0.4, -0.2) is 0 Å². The number of nitrogens with two attached hydrogens (primary N) is 1. The highest BCUT2D eigenvalue weighted by atomic mass is 35.5. The third kappa shape index (κ3) is 2.81. The Morgan fingerprint density at radius 2 is 1.83 bits per heavy atom. The normalized spacial score (nSPS) is 19.2. The molecule has 0 amide bonds. The van der Waals surface area contributed by atoms with E-state index in [9.17, 15) is 13.2 Å². The van der Waals surface area contributed by atoms with Crippen LogP contribution in [0.25, 0.3) is 0 Å². The molecular formula is C13H15ClF3N. The first-order valence-electron chi connectivity index (χ1n) is 6.02. The predicted octanol–water partition coefficient (Wildman–Crippen LogP) is 4.55.